The molecule has 21 heavy (non-hydrogen) atoms. The van der Waals surface area contributed by atoms with Crippen molar-refractivity contribution in [3.8, 4) is 0 Å². The third-order valence-corrected chi connectivity index (χ3v) is 4.71. The van der Waals surface area contributed by atoms with E-state index < -0.39 is 0 Å². The van der Waals surface area contributed by atoms with Gasteiger partial charge in [-0.15, -0.1) is 12.4 Å². The number of halogens is 1. The number of hydrogen-bond acceptors (Lipinski definition) is 4. The maximum atomic E-state index is 12.1. The lowest BCUT2D eigenvalue weighted by Gasteiger charge is -2.29. The van der Waals surface area contributed by atoms with Gasteiger partial charge in [0.15, 0.2) is 0 Å². The summed E-state index contributed by atoms with van der Waals surface area (Å²) in [4.78, 5) is 12.1. The van der Waals surface area contributed by atoms with Crippen molar-refractivity contribution in [3.63, 3.8) is 0 Å². The van der Waals surface area contributed by atoms with Crippen LogP contribution in [-0.2, 0) is 9.53 Å². The molecule has 2 fully saturated rings. The highest BCUT2D eigenvalue weighted by Crippen LogP contribution is 2.40. The van der Waals surface area contributed by atoms with Gasteiger partial charge in [-0.2, -0.15) is 0 Å². The van der Waals surface area contributed by atoms with Gasteiger partial charge in [0.05, 0.1) is 12.1 Å². The number of nitrogens with one attached hydrogen (secondary N) is 2. The number of aliphatic hydroxyl groups is 1. The number of β-amino-alcohol motifs (C(OH)–C–C–N with tert-alkyl or cyclic N) is 1. The molecule has 1 heterocycles. The van der Waals surface area contributed by atoms with E-state index in [1.165, 1.54) is 25.7 Å². The van der Waals surface area contributed by atoms with Crippen LogP contribution in [0.1, 0.15) is 45.4 Å². The molecule has 0 bridgehead atoms. The molecule has 6 heteroatoms. The van der Waals surface area contributed by atoms with E-state index in [9.17, 15) is 9.90 Å². The molecule has 5 nitrogen and oxygen atoms in total. The third kappa shape index (κ3) is 5.40. The average molecular weight is 321 g/mol. The van der Waals surface area contributed by atoms with E-state index in [1.807, 2.05) is 6.92 Å². The van der Waals surface area contributed by atoms with E-state index in [1.54, 1.807) is 0 Å². The topological polar surface area (TPSA) is 70.6 Å². The number of carbonyl (C=O) groups is 1. The maximum Gasteiger partial charge on any atom is 0.237 e. The summed E-state index contributed by atoms with van der Waals surface area (Å²) in [6.07, 6.45) is 6.04. The second-order valence-corrected chi connectivity index (χ2v) is 6.22. The van der Waals surface area contributed by atoms with Crippen molar-refractivity contribution < 1.29 is 14.6 Å². The lowest BCUT2D eigenvalue weighted by Crippen LogP contribution is -2.45. The van der Waals surface area contributed by atoms with Crippen molar-refractivity contribution >= 4 is 18.3 Å². The zero-order chi connectivity index (χ0) is 14.4. The largest absolute Gasteiger partial charge is 0.392 e. The number of hydrogen-bond donors (Lipinski definition) is 3. The van der Waals surface area contributed by atoms with E-state index in [-0.39, 0.29) is 35.9 Å². The Balaban J connectivity index is 0.00000220. The minimum absolute atomic E-state index is 0. The van der Waals surface area contributed by atoms with E-state index in [0.717, 1.165) is 26.2 Å². The molecule has 2 unspecified atom stereocenters. The predicted octanol–water partition coefficient (Wildman–Crippen LogP) is 1.23. The highest BCUT2D eigenvalue weighted by atomic mass is 35.5. The van der Waals surface area contributed by atoms with Crippen LogP contribution in [0.15, 0.2) is 0 Å². The Hall–Kier alpha value is -0.360. The number of ether oxygens (including phenoxy) is 1. The van der Waals surface area contributed by atoms with Gasteiger partial charge in [-0.25, -0.2) is 0 Å². The van der Waals surface area contributed by atoms with Gasteiger partial charge in [0, 0.05) is 26.3 Å². The van der Waals surface area contributed by atoms with Gasteiger partial charge in [-0.1, -0.05) is 12.8 Å². The molecule has 2 rings (SSSR count). The predicted molar refractivity (Wildman–Crippen MR) is 84.7 cm³/mol. The first-order chi connectivity index (χ1) is 9.65. The van der Waals surface area contributed by atoms with Crippen molar-refractivity contribution in [2.75, 3.05) is 26.3 Å². The van der Waals surface area contributed by atoms with Crippen LogP contribution in [0.25, 0.3) is 0 Å². The van der Waals surface area contributed by atoms with E-state index in [4.69, 9.17) is 4.74 Å². The lowest BCUT2D eigenvalue weighted by molar-refractivity contribution is -0.123. The molecule has 2 atom stereocenters. The van der Waals surface area contributed by atoms with Gasteiger partial charge in [-0.3, -0.25) is 4.79 Å². The number of carbonyl (C=O) groups excluding carboxylic acids is 1. The highest BCUT2D eigenvalue weighted by molar-refractivity contribution is 5.85. The van der Waals surface area contributed by atoms with Crippen molar-refractivity contribution in [2.45, 2.75) is 57.6 Å². The number of amides is 1. The smallest absolute Gasteiger partial charge is 0.237 e. The fourth-order valence-electron chi connectivity index (χ4n) is 3.39. The zero-order valence-electron chi connectivity index (χ0n) is 12.9. The zero-order valence-corrected chi connectivity index (χ0v) is 13.7. The second kappa shape index (κ2) is 8.93. The Labute approximate surface area is 133 Å². The Morgan fingerprint density at radius 2 is 2.14 bits per heavy atom. The van der Waals surface area contributed by atoms with Gasteiger partial charge in [0.1, 0.15) is 0 Å². The monoisotopic (exact) mass is 320 g/mol. The molecule has 1 saturated carbocycles. The van der Waals surface area contributed by atoms with Gasteiger partial charge in [-0.05, 0) is 38.0 Å². The Morgan fingerprint density at radius 1 is 1.43 bits per heavy atom. The first-order valence-corrected chi connectivity index (χ1v) is 7.92. The van der Waals surface area contributed by atoms with Gasteiger partial charge in [0.2, 0.25) is 5.91 Å². The molecule has 1 amide bonds. The molecule has 0 radical (unpaired) electrons. The molecule has 0 aromatic heterocycles. The van der Waals surface area contributed by atoms with Crippen molar-refractivity contribution in [1.82, 2.24) is 10.6 Å². The van der Waals surface area contributed by atoms with Crippen LogP contribution in [-0.4, -0.2) is 49.5 Å². The summed E-state index contributed by atoms with van der Waals surface area (Å²) in [6, 6.07) is -0.227. The first-order valence-electron chi connectivity index (χ1n) is 7.92. The van der Waals surface area contributed by atoms with Crippen LogP contribution in [0.3, 0.4) is 0 Å². The molecule has 2 aliphatic rings. The summed E-state index contributed by atoms with van der Waals surface area (Å²) in [5.41, 5.74) is 0.224. The average Bonchev–Trinajstić information content (AvgIpc) is 3.06. The standard InChI is InChI=1S/C15H28N2O3.ClH/c1-2-20-8-7-15(5-3-4-6-15)11-17-14(19)13-9-12(18)10-16-13;/h12-13,16,18H,2-11H2,1H3,(H,17,19);1H. The molecule has 0 aromatic rings. The Bertz CT molecular complexity index is 322. The van der Waals surface area contributed by atoms with Gasteiger partial charge >= 0.3 is 0 Å². The summed E-state index contributed by atoms with van der Waals surface area (Å²) < 4.78 is 5.48. The molecule has 3 N–H and O–H groups in total. The molecule has 0 spiro atoms. The van der Waals surface area contributed by atoms with E-state index in [2.05, 4.69) is 10.6 Å². The van der Waals surface area contributed by atoms with E-state index >= 15 is 0 Å². The minimum Gasteiger partial charge on any atom is -0.392 e. The van der Waals surface area contributed by atoms with Crippen molar-refractivity contribution in [2.24, 2.45) is 5.41 Å². The number of aliphatic hydroxyl groups excluding tert-OH is 1. The summed E-state index contributed by atoms with van der Waals surface area (Å²) >= 11 is 0. The van der Waals surface area contributed by atoms with Crippen LogP contribution < -0.4 is 10.6 Å². The summed E-state index contributed by atoms with van der Waals surface area (Å²) in [5.74, 6) is 0.0317. The minimum atomic E-state index is -0.385. The molecule has 1 aliphatic heterocycles. The summed E-state index contributed by atoms with van der Waals surface area (Å²) in [7, 11) is 0. The molecular weight excluding hydrogens is 292 g/mol. The molecular formula is C15H29ClN2O3. The van der Waals surface area contributed by atoms with Crippen LogP contribution in [0.4, 0.5) is 0 Å². The Morgan fingerprint density at radius 3 is 2.71 bits per heavy atom. The second-order valence-electron chi connectivity index (χ2n) is 6.22. The summed E-state index contributed by atoms with van der Waals surface area (Å²) in [6.45, 7) is 4.82. The number of rotatable bonds is 7. The quantitative estimate of drug-likeness (QED) is 0.617. The van der Waals surface area contributed by atoms with Crippen LogP contribution >= 0.6 is 12.4 Å². The van der Waals surface area contributed by atoms with E-state index in [0.29, 0.717) is 13.0 Å². The van der Waals surface area contributed by atoms with Crippen LogP contribution in [0.5, 0.6) is 0 Å². The Kier molecular flexibility index (Phi) is 7.95. The third-order valence-electron chi connectivity index (χ3n) is 4.71. The summed E-state index contributed by atoms with van der Waals surface area (Å²) in [5, 5.41) is 15.6. The lowest BCUT2D eigenvalue weighted by atomic mass is 9.83. The van der Waals surface area contributed by atoms with Gasteiger partial charge < -0.3 is 20.5 Å². The van der Waals surface area contributed by atoms with Crippen LogP contribution in [0, 0.1) is 5.41 Å². The SMILES string of the molecule is CCOCCC1(CNC(=O)C2CC(O)CN2)CCCC1.Cl. The van der Waals surface area contributed by atoms with Crippen LogP contribution in [0.2, 0.25) is 0 Å². The molecule has 1 aliphatic carbocycles. The highest BCUT2D eigenvalue weighted by Gasteiger charge is 2.35. The fourth-order valence-corrected chi connectivity index (χ4v) is 3.39. The van der Waals surface area contributed by atoms with Gasteiger partial charge in [0.25, 0.3) is 0 Å². The molecule has 0 aromatic carbocycles. The first kappa shape index (κ1) is 18.7. The fraction of sp³-hybridized carbons (Fsp3) is 0.933. The normalized spacial score (nSPS) is 27.3. The van der Waals surface area contributed by atoms with Crippen molar-refractivity contribution in [1.29, 1.82) is 0 Å². The van der Waals surface area contributed by atoms with Crippen molar-refractivity contribution in [3.05, 3.63) is 0 Å². The molecule has 124 valence electrons. The molecule has 1 saturated heterocycles. The maximum absolute atomic E-state index is 12.1.